The summed E-state index contributed by atoms with van der Waals surface area (Å²) in [6.45, 7) is 0.491. The van der Waals surface area contributed by atoms with E-state index in [1.165, 1.54) is 0 Å². The molecule has 4 aromatic rings. The second-order valence-electron chi connectivity index (χ2n) is 6.08. The number of hydrogen-bond acceptors (Lipinski definition) is 5. The van der Waals surface area contributed by atoms with Crippen LogP contribution in [-0.2, 0) is 6.54 Å². The molecule has 0 fully saturated rings. The average molecular weight is 358 g/mol. The Hall–Kier alpha value is -3.60. The largest absolute Gasteiger partial charge is 0.508 e. The van der Waals surface area contributed by atoms with E-state index in [9.17, 15) is 5.11 Å². The highest BCUT2D eigenvalue weighted by Crippen LogP contribution is 2.25. The van der Waals surface area contributed by atoms with Crippen LogP contribution < -0.4 is 10.1 Å². The summed E-state index contributed by atoms with van der Waals surface area (Å²) in [7, 11) is 1.64. The number of hydrogen-bond donors (Lipinski definition) is 1. The molecule has 27 heavy (non-hydrogen) atoms. The van der Waals surface area contributed by atoms with Crippen LogP contribution in [0.2, 0.25) is 0 Å². The number of nitrogens with zero attached hydrogens (tertiary/aromatic N) is 2. The van der Waals surface area contributed by atoms with Crippen molar-refractivity contribution >= 4 is 11.0 Å². The quantitative estimate of drug-likeness (QED) is 0.590. The Balaban J connectivity index is 1.85. The minimum absolute atomic E-state index is 0.174. The molecule has 0 radical (unpaired) electrons. The van der Waals surface area contributed by atoms with Crippen molar-refractivity contribution in [3.05, 3.63) is 84.0 Å². The molecule has 5 nitrogen and oxygen atoms in total. The number of benzene rings is 2. The second kappa shape index (κ2) is 7.33. The summed E-state index contributed by atoms with van der Waals surface area (Å²) >= 11 is 0. The lowest BCUT2D eigenvalue weighted by atomic mass is 10.1. The van der Waals surface area contributed by atoms with Gasteiger partial charge in [-0.05, 0) is 54.1 Å². The Morgan fingerprint density at radius 1 is 1.07 bits per heavy atom. The summed E-state index contributed by atoms with van der Waals surface area (Å²) < 4.78 is 11.3. The first-order chi connectivity index (χ1) is 13.2. The predicted molar refractivity (Wildman–Crippen MR) is 103 cm³/mol. The maximum Gasteiger partial charge on any atom is 0.137 e. The summed E-state index contributed by atoms with van der Waals surface area (Å²) in [4.78, 5) is 8.85. The molecule has 0 aliphatic carbocycles. The third-order valence-electron chi connectivity index (χ3n) is 4.26. The molecule has 2 heterocycles. The van der Waals surface area contributed by atoms with E-state index in [0.29, 0.717) is 17.9 Å². The van der Waals surface area contributed by atoms with Gasteiger partial charge in [-0.2, -0.15) is 0 Å². The fraction of sp³-hybridized carbons (Fsp3) is 0.0909. The van der Waals surface area contributed by atoms with Gasteiger partial charge in [-0.1, -0.05) is 6.07 Å². The maximum absolute atomic E-state index is 9.88. The molecule has 0 amide bonds. The van der Waals surface area contributed by atoms with Crippen LogP contribution in [0.3, 0.4) is 0 Å². The van der Waals surface area contributed by atoms with Gasteiger partial charge in [0.15, 0.2) is 0 Å². The molecule has 0 saturated carbocycles. The third kappa shape index (κ3) is 3.67. The number of pyridine rings is 1. The zero-order chi connectivity index (χ0) is 18.6. The minimum Gasteiger partial charge on any atom is -0.508 e. The first-order valence-corrected chi connectivity index (χ1v) is 8.53. The lowest BCUT2D eigenvalue weighted by Gasteiger charge is -2.07. The molecule has 2 aromatic carbocycles. The van der Waals surface area contributed by atoms with Crippen LogP contribution in [0.4, 0.5) is 0 Å². The van der Waals surface area contributed by atoms with E-state index < -0.39 is 0 Å². The van der Waals surface area contributed by atoms with E-state index in [0.717, 1.165) is 27.6 Å². The molecule has 0 atom stereocenters. The number of aromatic hydroxyl groups is 1. The Morgan fingerprint density at radius 3 is 2.67 bits per heavy atom. The van der Waals surface area contributed by atoms with Gasteiger partial charge in [-0.15, -0.1) is 0 Å². The fourth-order valence-electron chi connectivity index (χ4n) is 2.85. The molecule has 0 unspecified atom stereocenters. The van der Waals surface area contributed by atoms with Gasteiger partial charge < -0.3 is 14.3 Å². The van der Waals surface area contributed by atoms with Crippen LogP contribution in [0.1, 0.15) is 5.56 Å². The van der Waals surface area contributed by atoms with Crippen molar-refractivity contribution in [2.45, 2.75) is 6.54 Å². The Morgan fingerprint density at radius 2 is 1.93 bits per heavy atom. The highest BCUT2D eigenvalue weighted by atomic mass is 16.5. The van der Waals surface area contributed by atoms with Gasteiger partial charge in [0.1, 0.15) is 22.8 Å². The van der Waals surface area contributed by atoms with Crippen molar-refractivity contribution in [1.82, 2.24) is 4.98 Å². The fourth-order valence-corrected chi connectivity index (χ4v) is 2.85. The van der Waals surface area contributed by atoms with Crippen LogP contribution in [0, 0.1) is 0 Å². The SMILES string of the molecule is COc1ccc(-c2cc(=NCc3cccnc3)c3cc(O)ccc3o2)cc1. The van der Waals surface area contributed by atoms with Gasteiger partial charge in [0.05, 0.1) is 19.0 Å². The summed E-state index contributed by atoms with van der Waals surface area (Å²) in [6, 6.07) is 18.4. The number of fused-ring (bicyclic) bond motifs is 1. The van der Waals surface area contributed by atoms with Crippen LogP contribution in [-0.4, -0.2) is 17.2 Å². The van der Waals surface area contributed by atoms with Gasteiger partial charge in [0, 0.05) is 29.4 Å². The van der Waals surface area contributed by atoms with E-state index in [1.54, 1.807) is 37.7 Å². The lowest BCUT2D eigenvalue weighted by Crippen LogP contribution is -2.04. The van der Waals surface area contributed by atoms with E-state index >= 15 is 0 Å². The van der Waals surface area contributed by atoms with E-state index in [1.807, 2.05) is 42.5 Å². The van der Waals surface area contributed by atoms with Gasteiger partial charge in [0.2, 0.25) is 0 Å². The lowest BCUT2D eigenvalue weighted by molar-refractivity contribution is 0.415. The predicted octanol–water partition coefficient (Wildman–Crippen LogP) is 4.31. The maximum atomic E-state index is 9.88. The summed E-state index contributed by atoms with van der Waals surface area (Å²) in [5.74, 6) is 1.65. The Kier molecular flexibility index (Phi) is 4.58. The Labute approximate surface area is 156 Å². The molecule has 1 N–H and O–H groups in total. The first kappa shape index (κ1) is 16.8. The molecule has 5 heteroatoms. The zero-order valence-corrected chi connectivity index (χ0v) is 14.8. The highest BCUT2D eigenvalue weighted by molar-refractivity contribution is 5.80. The second-order valence-corrected chi connectivity index (χ2v) is 6.08. The third-order valence-corrected chi connectivity index (χ3v) is 4.26. The number of ether oxygens (including phenoxy) is 1. The van der Waals surface area contributed by atoms with Crippen LogP contribution in [0.25, 0.3) is 22.3 Å². The molecule has 0 saturated heterocycles. The summed E-state index contributed by atoms with van der Waals surface area (Å²) in [5.41, 5.74) is 2.59. The number of rotatable bonds is 4. The zero-order valence-electron chi connectivity index (χ0n) is 14.8. The molecule has 0 spiro atoms. The number of aromatic nitrogens is 1. The monoisotopic (exact) mass is 358 g/mol. The van der Waals surface area contributed by atoms with Crippen LogP contribution >= 0.6 is 0 Å². The molecule has 2 aromatic heterocycles. The summed E-state index contributed by atoms with van der Waals surface area (Å²) in [6.07, 6.45) is 3.53. The molecular formula is C22H18N2O3. The van der Waals surface area contributed by atoms with Crippen molar-refractivity contribution in [1.29, 1.82) is 0 Å². The Bertz CT molecular complexity index is 1130. The van der Waals surface area contributed by atoms with E-state index in [2.05, 4.69) is 4.98 Å². The molecule has 4 rings (SSSR count). The van der Waals surface area contributed by atoms with Gasteiger partial charge in [-0.3, -0.25) is 9.98 Å². The topological polar surface area (TPSA) is 67.9 Å². The molecular weight excluding hydrogens is 340 g/mol. The normalized spacial score (nSPS) is 11.7. The highest BCUT2D eigenvalue weighted by Gasteiger charge is 2.07. The average Bonchev–Trinajstić information content (AvgIpc) is 2.73. The van der Waals surface area contributed by atoms with Crippen molar-refractivity contribution in [3.8, 4) is 22.8 Å². The number of phenolic OH excluding ortho intramolecular Hbond substituents is 1. The van der Waals surface area contributed by atoms with Gasteiger partial charge in [0.25, 0.3) is 0 Å². The van der Waals surface area contributed by atoms with Gasteiger partial charge in [-0.25, -0.2) is 0 Å². The summed E-state index contributed by atoms with van der Waals surface area (Å²) in [5, 5.41) is 11.4. The van der Waals surface area contributed by atoms with Crippen molar-refractivity contribution in [2.24, 2.45) is 4.99 Å². The van der Waals surface area contributed by atoms with Crippen molar-refractivity contribution < 1.29 is 14.3 Å². The van der Waals surface area contributed by atoms with E-state index in [-0.39, 0.29) is 5.75 Å². The number of phenols is 1. The molecule has 0 aliphatic rings. The van der Waals surface area contributed by atoms with E-state index in [4.69, 9.17) is 14.1 Å². The van der Waals surface area contributed by atoms with Gasteiger partial charge >= 0.3 is 0 Å². The standard InChI is InChI=1S/C22H18N2O3/c1-26-18-7-4-16(5-8-18)22-12-20(24-14-15-3-2-10-23-13-15)19-11-17(25)6-9-21(19)27-22/h2-13,25H,14H2,1H3. The van der Waals surface area contributed by atoms with Crippen molar-refractivity contribution in [3.63, 3.8) is 0 Å². The smallest absolute Gasteiger partial charge is 0.137 e. The molecule has 0 aliphatic heterocycles. The number of methoxy groups -OCH3 is 1. The van der Waals surface area contributed by atoms with Crippen LogP contribution in [0.5, 0.6) is 11.5 Å². The van der Waals surface area contributed by atoms with Crippen molar-refractivity contribution in [2.75, 3.05) is 7.11 Å². The first-order valence-electron chi connectivity index (χ1n) is 8.53. The van der Waals surface area contributed by atoms with Crippen LogP contribution in [0.15, 0.2) is 82.5 Å². The molecule has 0 bridgehead atoms. The minimum atomic E-state index is 0.174. The molecule has 134 valence electrons.